The van der Waals surface area contributed by atoms with Crippen molar-refractivity contribution in [3.05, 3.63) is 70.8 Å². The van der Waals surface area contributed by atoms with Gasteiger partial charge in [-0.2, -0.15) is 5.21 Å². The van der Waals surface area contributed by atoms with Crippen molar-refractivity contribution in [3.63, 3.8) is 0 Å². The van der Waals surface area contributed by atoms with Crippen LogP contribution in [0.15, 0.2) is 48.5 Å². The molecule has 0 aliphatic carbocycles. The van der Waals surface area contributed by atoms with Crippen molar-refractivity contribution >= 4 is 35.3 Å². The van der Waals surface area contributed by atoms with Crippen LogP contribution in [-0.4, -0.2) is 65.0 Å². The van der Waals surface area contributed by atoms with E-state index in [-0.39, 0.29) is 19.3 Å². The molecule has 0 spiro atoms. The van der Waals surface area contributed by atoms with Crippen molar-refractivity contribution in [1.82, 2.24) is 46.3 Å². The van der Waals surface area contributed by atoms with Gasteiger partial charge >= 0.3 is 5.97 Å². The van der Waals surface area contributed by atoms with Gasteiger partial charge in [0.15, 0.2) is 0 Å². The number of halogens is 1. The number of carboxylic acids is 1. The molecule has 5 N–H and O–H groups in total. The van der Waals surface area contributed by atoms with Crippen LogP contribution in [0.5, 0.6) is 0 Å². The first-order chi connectivity index (χ1) is 21.7. The molecule has 0 fully saturated rings. The number of tetrazole rings is 1. The van der Waals surface area contributed by atoms with E-state index in [0.29, 0.717) is 29.6 Å². The van der Waals surface area contributed by atoms with Crippen molar-refractivity contribution < 1.29 is 24.3 Å². The molecule has 1 unspecified atom stereocenters. The van der Waals surface area contributed by atoms with Gasteiger partial charge in [-0.25, -0.2) is 9.78 Å². The average molecular weight is 636 g/mol. The van der Waals surface area contributed by atoms with Crippen molar-refractivity contribution in [3.8, 4) is 22.5 Å². The van der Waals surface area contributed by atoms with Crippen molar-refractivity contribution in [2.24, 2.45) is 0 Å². The Morgan fingerprint density at radius 3 is 2.38 bits per heavy atom. The summed E-state index contributed by atoms with van der Waals surface area (Å²) in [5, 5.41) is 26.1. The number of hydrazine groups is 1. The fourth-order valence-electron chi connectivity index (χ4n) is 4.68. The summed E-state index contributed by atoms with van der Waals surface area (Å²) in [6.45, 7) is 3.70. The van der Waals surface area contributed by atoms with Crippen LogP contribution in [0, 0.1) is 0 Å². The third-order valence-corrected chi connectivity index (χ3v) is 7.35. The second-order valence-electron chi connectivity index (χ2n) is 10.3. The molecule has 45 heavy (non-hydrogen) atoms. The zero-order valence-corrected chi connectivity index (χ0v) is 25.6. The van der Waals surface area contributed by atoms with E-state index in [1.165, 1.54) is 6.92 Å². The van der Waals surface area contributed by atoms with Crippen LogP contribution >= 0.6 is 11.6 Å². The van der Waals surface area contributed by atoms with Crippen LogP contribution in [0.25, 0.3) is 22.5 Å². The maximum absolute atomic E-state index is 12.6. The molecule has 0 aliphatic rings. The summed E-state index contributed by atoms with van der Waals surface area (Å²) in [5.74, 6) is -1.68. The Kier molecular flexibility index (Phi) is 11.3. The average Bonchev–Trinajstić information content (AvgIpc) is 3.66. The zero-order chi connectivity index (χ0) is 32.3. The first-order valence-electron chi connectivity index (χ1n) is 14.4. The summed E-state index contributed by atoms with van der Waals surface area (Å²) in [5.41, 5.74) is 8.73. The number of nitrogens with one attached hydrogen (secondary N) is 4. The minimum atomic E-state index is -1.26. The number of aliphatic carboxylic acids is 1. The van der Waals surface area contributed by atoms with E-state index >= 15 is 0 Å². The third kappa shape index (κ3) is 8.95. The van der Waals surface area contributed by atoms with Crippen LogP contribution in [-0.2, 0) is 38.6 Å². The normalized spacial score (nSPS) is 11.5. The fourth-order valence-corrected chi connectivity index (χ4v) is 4.95. The maximum Gasteiger partial charge on any atom is 0.326 e. The molecule has 1 atom stereocenters. The lowest BCUT2D eigenvalue weighted by atomic mass is 9.98. The standard InChI is InChI=1S/C30H34ClN9O5/c1-3-4-9-25-33-24(16-27(43)35-34-26(42)15-14-23(30(44)45)32-18(2)41)28(31)40(25)17-19-10-12-20(13-11-19)21-7-5-6-8-22(21)29-36-38-39-37-29/h5-8,10-13,23H,3-4,9,14-17H2,1-2H3,(H,32,41)(H,34,42)(H,35,43)(H,44,45)(H,36,37,38,39). The molecular formula is C30H34ClN9O5. The predicted molar refractivity (Wildman–Crippen MR) is 164 cm³/mol. The number of amides is 3. The van der Waals surface area contributed by atoms with Crippen LogP contribution in [0.4, 0.5) is 0 Å². The molecule has 2 heterocycles. The van der Waals surface area contributed by atoms with Gasteiger partial charge in [-0.15, -0.1) is 10.2 Å². The Morgan fingerprint density at radius 1 is 1.02 bits per heavy atom. The number of carbonyl (C=O) groups is 4. The number of aryl methyl sites for hydroxylation is 1. The van der Waals surface area contributed by atoms with Gasteiger partial charge < -0.3 is 15.0 Å². The first kappa shape index (κ1) is 32.8. The highest BCUT2D eigenvalue weighted by atomic mass is 35.5. The van der Waals surface area contributed by atoms with Crippen LogP contribution in [0.2, 0.25) is 5.15 Å². The maximum atomic E-state index is 12.6. The minimum Gasteiger partial charge on any atom is -0.480 e. The summed E-state index contributed by atoms with van der Waals surface area (Å²) in [6.07, 6.45) is 1.96. The van der Waals surface area contributed by atoms with E-state index in [4.69, 9.17) is 11.6 Å². The second kappa shape index (κ2) is 15.6. The highest BCUT2D eigenvalue weighted by molar-refractivity contribution is 6.30. The van der Waals surface area contributed by atoms with E-state index < -0.39 is 29.7 Å². The number of nitrogens with zero attached hydrogens (tertiary/aromatic N) is 5. The molecule has 15 heteroatoms. The smallest absolute Gasteiger partial charge is 0.326 e. The highest BCUT2D eigenvalue weighted by Gasteiger charge is 2.21. The number of H-pyrrole nitrogens is 1. The summed E-state index contributed by atoms with van der Waals surface area (Å²) >= 11 is 6.75. The Labute approximate surface area is 263 Å². The molecule has 0 saturated carbocycles. The number of aromatic amines is 1. The van der Waals surface area contributed by atoms with E-state index in [9.17, 15) is 24.3 Å². The van der Waals surface area contributed by atoms with Crippen molar-refractivity contribution in [2.75, 3.05) is 0 Å². The van der Waals surface area contributed by atoms with Gasteiger partial charge in [0.1, 0.15) is 17.0 Å². The van der Waals surface area contributed by atoms with Crippen molar-refractivity contribution in [1.29, 1.82) is 0 Å². The van der Waals surface area contributed by atoms with Gasteiger partial charge in [-0.1, -0.05) is 73.5 Å². The predicted octanol–water partition coefficient (Wildman–Crippen LogP) is 2.83. The van der Waals surface area contributed by atoms with E-state index in [1.807, 2.05) is 53.1 Å². The summed E-state index contributed by atoms with van der Waals surface area (Å²) in [4.78, 5) is 51.9. The molecule has 2 aromatic carbocycles. The molecule has 0 aliphatic heterocycles. The number of hydrogen-bond acceptors (Lipinski definition) is 8. The molecule has 236 valence electrons. The van der Waals surface area contributed by atoms with E-state index in [1.54, 1.807) is 0 Å². The topological polar surface area (TPSA) is 197 Å². The SMILES string of the molecule is CCCCc1nc(CC(=O)NNC(=O)CCC(NC(C)=O)C(=O)O)c(Cl)n1Cc1ccc(-c2ccccc2-c2nn[nH]n2)cc1. The molecule has 0 saturated heterocycles. The van der Waals surface area contributed by atoms with Gasteiger partial charge in [0.25, 0.3) is 0 Å². The number of benzene rings is 2. The number of imidazole rings is 1. The fraction of sp³-hybridized carbons (Fsp3) is 0.333. The summed E-state index contributed by atoms with van der Waals surface area (Å²) in [6, 6.07) is 14.6. The minimum absolute atomic E-state index is 0.139. The molecule has 4 aromatic rings. The second-order valence-corrected chi connectivity index (χ2v) is 10.7. The van der Waals surface area contributed by atoms with Gasteiger partial charge in [-0.3, -0.25) is 25.2 Å². The van der Waals surface area contributed by atoms with Crippen LogP contribution in [0.3, 0.4) is 0 Å². The molecule has 3 amide bonds. The third-order valence-electron chi connectivity index (χ3n) is 6.93. The lowest BCUT2D eigenvalue weighted by molar-refractivity contribution is -0.142. The number of aromatic nitrogens is 6. The number of carboxylic acid groups (broad SMARTS) is 1. The number of unbranched alkanes of at least 4 members (excludes halogenated alkanes) is 1. The van der Waals surface area contributed by atoms with Crippen molar-refractivity contribution in [2.45, 2.75) is 65.0 Å². The van der Waals surface area contributed by atoms with Crippen LogP contribution < -0.4 is 16.2 Å². The lowest BCUT2D eigenvalue weighted by Crippen LogP contribution is -2.44. The van der Waals surface area contributed by atoms with Gasteiger partial charge in [0, 0.05) is 25.3 Å². The molecule has 0 bridgehead atoms. The quantitative estimate of drug-likeness (QED) is 0.129. The Balaban J connectivity index is 1.41. The summed E-state index contributed by atoms with van der Waals surface area (Å²) in [7, 11) is 0. The van der Waals surface area contributed by atoms with E-state index in [0.717, 1.165) is 40.9 Å². The van der Waals surface area contributed by atoms with Gasteiger partial charge in [0.2, 0.25) is 23.5 Å². The Hall–Kier alpha value is -5.11. The van der Waals surface area contributed by atoms with Gasteiger partial charge in [-0.05, 0) is 34.7 Å². The van der Waals surface area contributed by atoms with Gasteiger partial charge in [0.05, 0.1) is 18.7 Å². The lowest BCUT2D eigenvalue weighted by Gasteiger charge is -2.13. The number of carbonyl (C=O) groups excluding carboxylic acids is 3. The zero-order valence-electron chi connectivity index (χ0n) is 24.8. The highest BCUT2D eigenvalue weighted by Crippen LogP contribution is 2.30. The molecule has 0 radical (unpaired) electrons. The monoisotopic (exact) mass is 635 g/mol. The number of rotatable bonds is 14. The number of hydrogen-bond donors (Lipinski definition) is 5. The first-order valence-corrected chi connectivity index (χ1v) is 14.8. The largest absolute Gasteiger partial charge is 0.480 e. The molecule has 2 aromatic heterocycles. The Morgan fingerprint density at radius 2 is 1.73 bits per heavy atom. The van der Waals surface area contributed by atoms with Crippen LogP contribution in [0.1, 0.15) is 56.6 Å². The summed E-state index contributed by atoms with van der Waals surface area (Å²) < 4.78 is 1.88. The Bertz CT molecular complexity index is 1640. The molecule has 14 nitrogen and oxygen atoms in total. The van der Waals surface area contributed by atoms with E-state index in [2.05, 4.69) is 48.7 Å². The molecular weight excluding hydrogens is 602 g/mol. The molecule has 4 rings (SSSR count).